The van der Waals surface area contributed by atoms with E-state index >= 15 is 0 Å². The van der Waals surface area contributed by atoms with E-state index in [1.54, 1.807) is 0 Å². The lowest BCUT2D eigenvalue weighted by Crippen LogP contribution is -2.23. The van der Waals surface area contributed by atoms with E-state index in [0.717, 1.165) is 26.7 Å². The molecule has 0 spiro atoms. The number of rotatable bonds is 5. The molecule has 0 aliphatic rings. The first kappa shape index (κ1) is 16.5. The minimum absolute atomic E-state index is 0.121. The van der Waals surface area contributed by atoms with Crippen molar-refractivity contribution >= 4 is 27.3 Å². The summed E-state index contributed by atoms with van der Waals surface area (Å²) in [6.45, 7) is 4.57. The second-order valence-corrected chi connectivity index (χ2v) is 7.18. The Labute approximate surface area is 134 Å². The van der Waals surface area contributed by atoms with E-state index in [2.05, 4.69) is 21.2 Å². The number of thiophene rings is 1. The Hall–Kier alpha value is -0.850. The summed E-state index contributed by atoms with van der Waals surface area (Å²) in [6.07, 6.45) is 0.854. The highest BCUT2D eigenvalue weighted by molar-refractivity contribution is 9.11. The molecule has 0 fully saturated rings. The van der Waals surface area contributed by atoms with E-state index in [-0.39, 0.29) is 5.56 Å². The fraction of sp³-hybridized carbons (Fsp3) is 0.333. The van der Waals surface area contributed by atoms with Crippen molar-refractivity contribution in [1.29, 1.82) is 0 Å². The summed E-state index contributed by atoms with van der Waals surface area (Å²) in [4.78, 5) is 0.859. The maximum atomic E-state index is 14.0. The van der Waals surface area contributed by atoms with Gasteiger partial charge in [-0.15, -0.1) is 11.3 Å². The molecule has 1 aromatic carbocycles. The van der Waals surface area contributed by atoms with Crippen molar-refractivity contribution in [3.05, 3.63) is 55.4 Å². The zero-order valence-corrected chi connectivity index (χ0v) is 14.0. The average molecular weight is 378 g/mol. The molecule has 1 aromatic heterocycles. The van der Waals surface area contributed by atoms with Crippen LogP contribution in [0.1, 0.15) is 35.4 Å². The van der Waals surface area contributed by atoms with Gasteiger partial charge in [0, 0.05) is 16.5 Å². The lowest BCUT2D eigenvalue weighted by Gasteiger charge is -2.18. The van der Waals surface area contributed by atoms with Gasteiger partial charge >= 0.3 is 0 Å². The molecule has 1 N–H and O–H groups in total. The number of benzene rings is 1. The maximum absolute atomic E-state index is 14.0. The third kappa shape index (κ3) is 3.67. The number of aryl methyl sites for hydroxylation is 1. The molecule has 6 heteroatoms. The highest BCUT2D eigenvalue weighted by Gasteiger charge is 2.22. The highest BCUT2D eigenvalue weighted by atomic mass is 79.9. The zero-order valence-electron chi connectivity index (χ0n) is 11.6. The smallest absolute Gasteiger partial charge is 0.161 e. The Balaban J connectivity index is 2.47. The SMILES string of the molecule is CCCNC(c1cc(C)c(Br)s1)c1cc(F)c(F)cc1F. The first-order valence-corrected chi connectivity index (χ1v) is 8.18. The molecule has 0 radical (unpaired) electrons. The largest absolute Gasteiger partial charge is 0.306 e. The van der Waals surface area contributed by atoms with Gasteiger partial charge in [0.2, 0.25) is 0 Å². The van der Waals surface area contributed by atoms with Crippen molar-refractivity contribution in [3.8, 4) is 0 Å². The van der Waals surface area contributed by atoms with Crippen molar-refractivity contribution in [1.82, 2.24) is 5.32 Å². The topological polar surface area (TPSA) is 12.0 Å². The Kier molecular flexibility index (Phi) is 5.46. The quantitative estimate of drug-likeness (QED) is 0.694. The third-order valence-corrected chi connectivity index (χ3v) is 5.31. The first-order chi connectivity index (χ1) is 9.93. The van der Waals surface area contributed by atoms with E-state index < -0.39 is 23.5 Å². The second-order valence-electron chi connectivity index (χ2n) is 4.78. The van der Waals surface area contributed by atoms with Crippen LogP contribution >= 0.6 is 27.3 Å². The molecule has 21 heavy (non-hydrogen) atoms. The van der Waals surface area contributed by atoms with E-state index in [1.807, 2.05) is 19.9 Å². The van der Waals surface area contributed by atoms with Gasteiger partial charge in [0.1, 0.15) is 5.82 Å². The zero-order chi connectivity index (χ0) is 15.6. The predicted molar refractivity (Wildman–Crippen MR) is 83.2 cm³/mol. The summed E-state index contributed by atoms with van der Waals surface area (Å²) in [5.74, 6) is -2.96. The summed E-state index contributed by atoms with van der Waals surface area (Å²) < 4.78 is 41.6. The van der Waals surface area contributed by atoms with Crippen molar-refractivity contribution < 1.29 is 13.2 Å². The van der Waals surface area contributed by atoms with Crippen LogP contribution in [0.15, 0.2) is 22.0 Å². The van der Waals surface area contributed by atoms with Gasteiger partial charge in [0.15, 0.2) is 11.6 Å². The molecule has 1 nitrogen and oxygen atoms in total. The molecule has 0 bridgehead atoms. The molecule has 0 aliphatic heterocycles. The van der Waals surface area contributed by atoms with Crippen molar-refractivity contribution in [2.75, 3.05) is 6.54 Å². The molecule has 1 unspecified atom stereocenters. The standard InChI is InChI=1S/C15H15BrF3NS/c1-3-4-20-14(13-5-8(2)15(16)21-13)9-6-11(18)12(19)7-10(9)17/h5-7,14,20H,3-4H2,1-2H3. The molecule has 0 amide bonds. The van der Waals surface area contributed by atoms with Crippen LogP contribution in [0.4, 0.5) is 13.2 Å². The molecular formula is C15H15BrF3NS. The monoisotopic (exact) mass is 377 g/mol. The van der Waals surface area contributed by atoms with E-state index in [9.17, 15) is 13.2 Å². The van der Waals surface area contributed by atoms with Crippen LogP contribution < -0.4 is 5.32 Å². The van der Waals surface area contributed by atoms with E-state index in [0.29, 0.717) is 12.6 Å². The molecule has 1 atom stereocenters. The van der Waals surface area contributed by atoms with Crippen LogP contribution in [0.5, 0.6) is 0 Å². The fourth-order valence-corrected chi connectivity index (χ4v) is 3.70. The van der Waals surface area contributed by atoms with Gasteiger partial charge in [0.25, 0.3) is 0 Å². The Morgan fingerprint density at radius 1 is 1.14 bits per heavy atom. The highest BCUT2D eigenvalue weighted by Crippen LogP contribution is 2.35. The molecular weight excluding hydrogens is 363 g/mol. The lowest BCUT2D eigenvalue weighted by atomic mass is 10.0. The van der Waals surface area contributed by atoms with Gasteiger partial charge < -0.3 is 5.32 Å². The van der Waals surface area contributed by atoms with Gasteiger partial charge in [-0.3, -0.25) is 0 Å². The summed E-state index contributed by atoms with van der Waals surface area (Å²) in [6, 6.07) is 2.96. The minimum atomic E-state index is -1.17. The summed E-state index contributed by atoms with van der Waals surface area (Å²) >= 11 is 4.89. The number of halogens is 4. The molecule has 1 heterocycles. The molecule has 2 rings (SSSR count). The van der Waals surface area contributed by atoms with E-state index in [4.69, 9.17) is 0 Å². The predicted octanol–water partition coefficient (Wildman–Crippen LogP) is 5.33. The Morgan fingerprint density at radius 2 is 1.81 bits per heavy atom. The summed E-state index contributed by atoms with van der Waals surface area (Å²) in [7, 11) is 0. The van der Waals surface area contributed by atoms with Crippen LogP contribution in [0.2, 0.25) is 0 Å². The maximum Gasteiger partial charge on any atom is 0.161 e. The average Bonchev–Trinajstić information content (AvgIpc) is 2.75. The van der Waals surface area contributed by atoms with Gasteiger partial charge in [-0.05, 0) is 53.5 Å². The van der Waals surface area contributed by atoms with E-state index in [1.165, 1.54) is 11.3 Å². The van der Waals surface area contributed by atoms with Crippen molar-refractivity contribution in [3.63, 3.8) is 0 Å². The van der Waals surface area contributed by atoms with Crippen LogP contribution in [0.25, 0.3) is 0 Å². The van der Waals surface area contributed by atoms with Crippen LogP contribution in [-0.4, -0.2) is 6.54 Å². The number of nitrogens with one attached hydrogen (secondary N) is 1. The summed E-state index contributed by atoms with van der Waals surface area (Å²) in [5, 5.41) is 3.19. The van der Waals surface area contributed by atoms with Crippen LogP contribution in [0.3, 0.4) is 0 Å². The van der Waals surface area contributed by atoms with Crippen molar-refractivity contribution in [2.45, 2.75) is 26.3 Å². The van der Waals surface area contributed by atoms with Gasteiger partial charge in [-0.2, -0.15) is 0 Å². The van der Waals surface area contributed by atoms with Gasteiger partial charge in [-0.1, -0.05) is 6.92 Å². The van der Waals surface area contributed by atoms with Crippen LogP contribution in [-0.2, 0) is 0 Å². The third-order valence-electron chi connectivity index (χ3n) is 3.11. The van der Waals surface area contributed by atoms with Gasteiger partial charge in [-0.25, -0.2) is 13.2 Å². The van der Waals surface area contributed by atoms with Crippen molar-refractivity contribution in [2.24, 2.45) is 0 Å². The Morgan fingerprint density at radius 3 is 2.38 bits per heavy atom. The van der Waals surface area contributed by atoms with Crippen LogP contribution in [0, 0.1) is 24.4 Å². The minimum Gasteiger partial charge on any atom is -0.306 e. The lowest BCUT2D eigenvalue weighted by molar-refractivity contribution is 0.480. The molecule has 114 valence electrons. The second kappa shape index (κ2) is 6.94. The first-order valence-electron chi connectivity index (χ1n) is 6.57. The number of hydrogen-bond acceptors (Lipinski definition) is 2. The van der Waals surface area contributed by atoms with Gasteiger partial charge in [0.05, 0.1) is 9.83 Å². The molecule has 2 aromatic rings. The normalized spacial score (nSPS) is 12.7. The summed E-state index contributed by atoms with van der Waals surface area (Å²) in [5.41, 5.74) is 1.15. The molecule has 0 saturated heterocycles. The Bertz CT molecular complexity index is 623. The fourth-order valence-electron chi connectivity index (χ4n) is 2.04. The number of hydrogen-bond donors (Lipinski definition) is 1. The molecule has 0 saturated carbocycles. The molecule has 0 aliphatic carbocycles.